The van der Waals surface area contributed by atoms with Crippen molar-refractivity contribution < 1.29 is 19.1 Å². The Morgan fingerprint density at radius 3 is 2.19 bits per heavy atom. The number of nitrogens with zero attached hydrogens (tertiary/aromatic N) is 1. The Hall–Kier alpha value is -2.66. The molecule has 3 rings (SSSR count). The summed E-state index contributed by atoms with van der Waals surface area (Å²) in [7, 11) is 0. The van der Waals surface area contributed by atoms with Gasteiger partial charge in [0.05, 0.1) is 18.6 Å². The molecule has 1 saturated heterocycles. The predicted molar refractivity (Wildman–Crippen MR) is 103 cm³/mol. The molecule has 1 heterocycles. The van der Waals surface area contributed by atoms with Crippen molar-refractivity contribution in [3.05, 3.63) is 60.2 Å². The molecule has 0 aromatic heterocycles. The van der Waals surface area contributed by atoms with Gasteiger partial charge in [-0.1, -0.05) is 54.6 Å². The van der Waals surface area contributed by atoms with Gasteiger partial charge in [-0.25, -0.2) is 0 Å². The second-order valence-corrected chi connectivity index (χ2v) is 6.96. The molecule has 27 heavy (non-hydrogen) atoms. The Kier molecular flexibility index (Phi) is 6.24. The second-order valence-electron chi connectivity index (χ2n) is 6.96. The third-order valence-corrected chi connectivity index (χ3v) is 4.54. The van der Waals surface area contributed by atoms with E-state index in [2.05, 4.69) is 0 Å². The predicted octanol–water partition coefficient (Wildman–Crippen LogP) is 3.08. The quantitative estimate of drug-likeness (QED) is 0.762. The molecular weight excluding hydrogens is 342 g/mol. The van der Waals surface area contributed by atoms with Gasteiger partial charge in [-0.05, 0) is 30.5 Å². The van der Waals surface area contributed by atoms with Crippen molar-refractivity contribution in [2.24, 2.45) is 0 Å². The molecule has 1 amide bonds. The standard InChI is InChI=1S/C22H25NO4/c1-16-13-23(14-17(2)27-16)21(24)15-26-22(25)12-18-8-10-20(11-9-18)19-6-4-3-5-7-19/h3-11,16-17H,12-15H2,1-2H3/t16-,17-/m1/s1. The monoisotopic (exact) mass is 367 g/mol. The summed E-state index contributed by atoms with van der Waals surface area (Å²) in [6.07, 6.45) is 0.145. The molecule has 1 fully saturated rings. The lowest BCUT2D eigenvalue weighted by molar-refractivity contribution is -0.156. The molecule has 0 unspecified atom stereocenters. The van der Waals surface area contributed by atoms with Crippen LogP contribution in [0, 0.1) is 0 Å². The average molecular weight is 367 g/mol. The number of morpholine rings is 1. The van der Waals surface area contributed by atoms with Gasteiger partial charge in [0.15, 0.2) is 6.61 Å². The van der Waals surface area contributed by atoms with Crippen LogP contribution in [0.1, 0.15) is 19.4 Å². The van der Waals surface area contributed by atoms with Gasteiger partial charge in [-0.2, -0.15) is 0 Å². The highest BCUT2D eigenvalue weighted by Gasteiger charge is 2.26. The summed E-state index contributed by atoms with van der Waals surface area (Å²) in [6, 6.07) is 17.9. The molecule has 0 bridgehead atoms. The van der Waals surface area contributed by atoms with Crippen LogP contribution in [-0.4, -0.2) is 48.7 Å². The number of esters is 1. The summed E-state index contributed by atoms with van der Waals surface area (Å²) in [5.41, 5.74) is 3.09. The highest BCUT2D eigenvalue weighted by atomic mass is 16.5. The van der Waals surface area contributed by atoms with Crippen molar-refractivity contribution in [1.82, 2.24) is 4.90 Å². The molecule has 0 saturated carbocycles. The lowest BCUT2D eigenvalue weighted by Crippen LogP contribution is -2.49. The Morgan fingerprint density at radius 2 is 1.56 bits per heavy atom. The fourth-order valence-corrected chi connectivity index (χ4v) is 3.28. The van der Waals surface area contributed by atoms with Crippen LogP contribution in [-0.2, 0) is 25.5 Å². The van der Waals surface area contributed by atoms with Gasteiger partial charge in [0.1, 0.15) is 0 Å². The number of hydrogen-bond donors (Lipinski definition) is 0. The van der Waals surface area contributed by atoms with Gasteiger partial charge in [-0.3, -0.25) is 9.59 Å². The summed E-state index contributed by atoms with van der Waals surface area (Å²) in [5, 5.41) is 0. The van der Waals surface area contributed by atoms with Crippen molar-refractivity contribution in [3.63, 3.8) is 0 Å². The number of ether oxygens (including phenoxy) is 2. The fourth-order valence-electron chi connectivity index (χ4n) is 3.28. The van der Waals surface area contributed by atoms with Crippen molar-refractivity contribution in [2.75, 3.05) is 19.7 Å². The molecular formula is C22H25NO4. The Balaban J connectivity index is 1.48. The van der Waals surface area contributed by atoms with Crippen LogP contribution in [0.3, 0.4) is 0 Å². The highest BCUT2D eigenvalue weighted by molar-refractivity contribution is 5.81. The van der Waals surface area contributed by atoms with Gasteiger partial charge >= 0.3 is 5.97 Å². The lowest BCUT2D eigenvalue weighted by Gasteiger charge is -2.35. The van der Waals surface area contributed by atoms with Crippen LogP contribution in [0.4, 0.5) is 0 Å². The average Bonchev–Trinajstić information content (AvgIpc) is 2.66. The van der Waals surface area contributed by atoms with E-state index in [9.17, 15) is 9.59 Å². The smallest absolute Gasteiger partial charge is 0.310 e. The number of amides is 1. The summed E-state index contributed by atoms with van der Waals surface area (Å²) in [5.74, 6) is -0.574. The Bertz CT molecular complexity index is 763. The fraction of sp³-hybridized carbons (Fsp3) is 0.364. The third-order valence-electron chi connectivity index (χ3n) is 4.54. The highest BCUT2D eigenvalue weighted by Crippen LogP contribution is 2.19. The van der Waals surface area contributed by atoms with E-state index in [1.165, 1.54) is 0 Å². The SMILES string of the molecule is C[C@@H]1CN(C(=O)COC(=O)Cc2ccc(-c3ccccc3)cc2)C[C@@H](C)O1. The zero-order valence-corrected chi connectivity index (χ0v) is 15.8. The van der Waals surface area contributed by atoms with E-state index in [1.54, 1.807) is 4.90 Å². The first-order valence-corrected chi connectivity index (χ1v) is 9.24. The minimum atomic E-state index is -0.398. The second kappa shape index (κ2) is 8.82. The summed E-state index contributed by atoms with van der Waals surface area (Å²) < 4.78 is 10.8. The van der Waals surface area contributed by atoms with E-state index < -0.39 is 5.97 Å². The topological polar surface area (TPSA) is 55.8 Å². The first-order chi connectivity index (χ1) is 13.0. The first-order valence-electron chi connectivity index (χ1n) is 9.24. The minimum absolute atomic E-state index is 0.00321. The summed E-state index contributed by atoms with van der Waals surface area (Å²) >= 11 is 0. The number of carbonyl (C=O) groups is 2. The van der Waals surface area contributed by atoms with Crippen LogP contribution in [0.25, 0.3) is 11.1 Å². The minimum Gasteiger partial charge on any atom is -0.455 e. The molecule has 142 valence electrons. The number of hydrogen-bond acceptors (Lipinski definition) is 4. The van der Waals surface area contributed by atoms with E-state index in [4.69, 9.17) is 9.47 Å². The largest absolute Gasteiger partial charge is 0.455 e. The van der Waals surface area contributed by atoms with Gasteiger partial charge in [0.2, 0.25) is 0 Å². The van der Waals surface area contributed by atoms with Gasteiger partial charge in [0.25, 0.3) is 5.91 Å². The van der Waals surface area contributed by atoms with E-state index in [-0.39, 0.29) is 31.1 Å². The molecule has 1 aliphatic rings. The number of rotatable bonds is 5. The van der Waals surface area contributed by atoms with E-state index in [1.807, 2.05) is 68.4 Å². The van der Waals surface area contributed by atoms with Gasteiger partial charge in [-0.15, -0.1) is 0 Å². The zero-order valence-electron chi connectivity index (χ0n) is 15.8. The maximum atomic E-state index is 12.2. The van der Waals surface area contributed by atoms with Crippen molar-refractivity contribution in [3.8, 4) is 11.1 Å². The van der Waals surface area contributed by atoms with Gasteiger partial charge < -0.3 is 14.4 Å². The normalized spacial score (nSPS) is 19.6. The molecule has 0 N–H and O–H groups in total. The molecule has 5 heteroatoms. The molecule has 1 aliphatic heterocycles. The zero-order chi connectivity index (χ0) is 19.2. The summed E-state index contributed by atoms with van der Waals surface area (Å²) in [6.45, 7) is 4.70. The maximum absolute atomic E-state index is 12.2. The van der Waals surface area contributed by atoms with Crippen LogP contribution in [0.2, 0.25) is 0 Å². The number of benzene rings is 2. The maximum Gasteiger partial charge on any atom is 0.310 e. The first kappa shape index (κ1) is 19.1. The van der Waals surface area contributed by atoms with E-state index >= 15 is 0 Å². The molecule has 0 radical (unpaired) electrons. The molecule has 2 aromatic rings. The summed E-state index contributed by atoms with van der Waals surface area (Å²) in [4.78, 5) is 26.0. The lowest BCUT2D eigenvalue weighted by atomic mass is 10.0. The van der Waals surface area contributed by atoms with Crippen LogP contribution >= 0.6 is 0 Å². The molecule has 5 nitrogen and oxygen atoms in total. The Morgan fingerprint density at radius 1 is 0.963 bits per heavy atom. The van der Waals surface area contributed by atoms with Crippen LogP contribution in [0.15, 0.2) is 54.6 Å². The van der Waals surface area contributed by atoms with Crippen LogP contribution in [0.5, 0.6) is 0 Å². The molecule has 0 aliphatic carbocycles. The molecule has 2 atom stereocenters. The van der Waals surface area contributed by atoms with Crippen LogP contribution < -0.4 is 0 Å². The third kappa shape index (κ3) is 5.41. The van der Waals surface area contributed by atoms with Crippen molar-refractivity contribution in [1.29, 1.82) is 0 Å². The molecule has 2 aromatic carbocycles. The van der Waals surface area contributed by atoms with Crippen molar-refractivity contribution in [2.45, 2.75) is 32.5 Å². The van der Waals surface area contributed by atoms with Crippen molar-refractivity contribution >= 4 is 11.9 Å². The van der Waals surface area contributed by atoms with Gasteiger partial charge in [0, 0.05) is 13.1 Å². The Labute approximate surface area is 159 Å². The van der Waals surface area contributed by atoms with E-state index in [0.29, 0.717) is 13.1 Å². The molecule has 0 spiro atoms. The van der Waals surface area contributed by atoms with E-state index in [0.717, 1.165) is 16.7 Å². The number of carbonyl (C=O) groups excluding carboxylic acids is 2.